The van der Waals surface area contributed by atoms with Crippen LogP contribution >= 0.6 is 11.3 Å². The Kier molecular flexibility index (Phi) is 8.97. The van der Waals surface area contributed by atoms with Crippen LogP contribution in [0.2, 0.25) is 0 Å². The zero-order chi connectivity index (χ0) is 26.9. The van der Waals surface area contributed by atoms with E-state index >= 15 is 0 Å². The fourth-order valence-electron chi connectivity index (χ4n) is 3.67. The first kappa shape index (κ1) is 26.7. The molecule has 12 heteroatoms. The van der Waals surface area contributed by atoms with Crippen LogP contribution in [0, 0.1) is 17.1 Å². The number of benzene rings is 2. The number of carbonyl (C=O) groups is 1. The van der Waals surface area contributed by atoms with Crippen LogP contribution in [0.3, 0.4) is 0 Å². The number of hydrogen-bond acceptors (Lipinski definition) is 9. The molecule has 196 valence electrons. The van der Waals surface area contributed by atoms with Gasteiger partial charge in [-0.15, -0.1) is 11.3 Å². The van der Waals surface area contributed by atoms with E-state index in [2.05, 4.69) is 50.4 Å². The van der Waals surface area contributed by atoms with Gasteiger partial charge in [0.1, 0.15) is 29.7 Å². The second kappa shape index (κ2) is 12.8. The largest absolute Gasteiger partial charge is 0.492 e. The molecule has 2 aromatic carbocycles. The Bertz CT molecular complexity index is 1440. The fourth-order valence-corrected chi connectivity index (χ4v) is 4.19. The van der Waals surface area contributed by atoms with E-state index in [0.717, 1.165) is 32.1 Å². The topological polar surface area (TPSA) is 125 Å². The number of amides is 2. The number of hydrogen-bond donors (Lipinski definition) is 2. The van der Waals surface area contributed by atoms with Crippen molar-refractivity contribution in [1.82, 2.24) is 19.9 Å². The summed E-state index contributed by atoms with van der Waals surface area (Å²) in [5, 5.41) is 17.2. The highest BCUT2D eigenvalue weighted by molar-refractivity contribution is 7.13. The van der Waals surface area contributed by atoms with Gasteiger partial charge in [0.2, 0.25) is 5.88 Å². The summed E-state index contributed by atoms with van der Waals surface area (Å²) in [7, 11) is 0. The maximum Gasteiger partial charge on any atom is 0.325 e. The summed E-state index contributed by atoms with van der Waals surface area (Å²) in [5.41, 5.74) is 0.802. The van der Waals surface area contributed by atoms with Crippen LogP contribution in [0.25, 0.3) is 10.9 Å². The van der Waals surface area contributed by atoms with Crippen LogP contribution < -0.4 is 20.1 Å². The van der Waals surface area contributed by atoms with E-state index in [9.17, 15) is 14.4 Å². The molecule has 0 aliphatic carbocycles. The Morgan fingerprint density at radius 3 is 2.71 bits per heavy atom. The zero-order valence-electron chi connectivity index (χ0n) is 20.9. The summed E-state index contributed by atoms with van der Waals surface area (Å²) in [4.78, 5) is 26.8. The quantitative estimate of drug-likeness (QED) is 0.236. The SMILES string of the molecule is CCN(CC)CCCOc1cc2ncnc(Oc3ccc(NC(=O)Nc4nccs4)c(F)c3)c2cc1C#N. The van der Waals surface area contributed by atoms with Crippen LogP contribution in [0.1, 0.15) is 25.8 Å². The van der Waals surface area contributed by atoms with Crippen molar-refractivity contribution in [3.05, 3.63) is 59.6 Å². The van der Waals surface area contributed by atoms with Crippen molar-refractivity contribution >= 4 is 39.1 Å². The van der Waals surface area contributed by atoms with E-state index in [1.165, 1.54) is 29.8 Å². The number of ether oxygens (including phenoxy) is 2. The standard InChI is InChI=1S/C26H26FN7O3S/c1-3-34(4-2)9-5-10-36-23-14-22-19(12-17(23)15-28)24(31-16-30-22)37-18-6-7-21(20(27)13-18)32-25(35)33-26-29-8-11-38-26/h6-8,11-14,16H,3-5,9-10H2,1-2H3,(H2,29,32,33,35). The predicted molar refractivity (Wildman–Crippen MR) is 143 cm³/mol. The maximum atomic E-state index is 14.7. The summed E-state index contributed by atoms with van der Waals surface area (Å²) < 4.78 is 26.4. The number of nitrogens with zero attached hydrogens (tertiary/aromatic N) is 5. The second-order valence-corrected chi connectivity index (χ2v) is 8.94. The molecule has 10 nitrogen and oxygen atoms in total. The van der Waals surface area contributed by atoms with Gasteiger partial charge < -0.3 is 19.7 Å². The van der Waals surface area contributed by atoms with Crippen molar-refractivity contribution in [3.8, 4) is 23.4 Å². The van der Waals surface area contributed by atoms with Crippen molar-refractivity contribution in [2.24, 2.45) is 0 Å². The molecule has 0 bridgehead atoms. The molecule has 2 heterocycles. The lowest BCUT2D eigenvalue weighted by Gasteiger charge is -2.18. The Hall–Kier alpha value is -4.34. The lowest BCUT2D eigenvalue weighted by Crippen LogP contribution is -2.25. The summed E-state index contributed by atoms with van der Waals surface area (Å²) in [6, 6.07) is 8.80. The molecule has 0 unspecified atom stereocenters. The average Bonchev–Trinajstić information content (AvgIpc) is 3.43. The van der Waals surface area contributed by atoms with Gasteiger partial charge in [-0.3, -0.25) is 5.32 Å². The number of fused-ring (bicyclic) bond motifs is 1. The number of carbonyl (C=O) groups excluding carboxylic acids is 1. The van der Waals surface area contributed by atoms with Gasteiger partial charge in [0, 0.05) is 30.3 Å². The summed E-state index contributed by atoms with van der Waals surface area (Å²) >= 11 is 1.24. The highest BCUT2D eigenvalue weighted by Gasteiger charge is 2.15. The predicted octanol–water partition coefficient (Wildman–Crippen LogP) is 5.64. The molecule has 2 aromatic heterocycles. The first-order valence-electron chi connectivity index (χ1n) is 12.0. The normalized spacial score (nSPS) is 10.8. The number of aromatic nitrogens is 3. The second-order valence-electron chi connectivity index (χ2n) is 8.05. The lowest BCUT2D eigenvalue weighted by molar-refractivity contribution is 0.249. The van der Waals surface area contributed by atoms with Gasteiger partial charge in [-0.25, -0.2) is 24.1 Å². The van der Waals surface area contributed by atoms with Gasteiger partial charge in [-0.1, -0.05) is 13.8 Å². The average molecular weight is 536 g/mol. The van der Waals surface area contributed by atoms with E-state index in [-0.39, 0.29) is 17.3 Å². The zero-order valence-corrected chi connectivity index (χ0v) is 21.7. The minimum atomic E-state index is -0.701. The maximum absolute atomic E-state index is 14.7. The minimum Gasteiger partial charge on any atom is -0.492 e. The van der Waals surface area contributed by atoms with Gasteiger partial charge in [-0.2, -0.15) is 5.26 Å². The molecule has 0 saturated heterocycles. The molecular weight excluding hydrogens is 509 g/mol. The minimum absolute atomic E-state index is 0.0338. The molecule has 0 fully saturated rings. The van der Waals surface area contributed by atoms with E-state index in [0.29, 0.717) is 34.0 Å². The molecule has 0 spiro atoms. The number of rotatable bonds is 11. The van der Waals surface area contributed by atoms with E-state index < -0.39 is 11.8 Å². The number of anilines is 2. The van der Waals surface area contributed by atoms with Crippen LogP contribution in [0.15, 0.2) is 48.2 Å². The van der Waals surface area contributed by atoms with Gasteiger partial charge in [-0.05, 0) is 37.7 Å². The summed E-state index contributed by atoms with van der Waals surface area (Å²) in [5.74, 6) is 0.0415. The molecule has 0 radical (unpaired) electrons. The number of thiazole rings is 1. The van der Waals surface area contributed by atoms with Crippen molar-refractivity contribution < 1.29 is 18.7 Å². The molecule has 2 amide bonds. The molecular formula is C26H26FN7O3S. The van der Waals surface area contributed by atoms with Crippen LogP contribution in [0.4, 0.5) is 20.0 Å². The van der Waals surface area contributed by atoms with Gasteiger partial charge in [0.05, 0.1) is 28.8 Å². The molecule has 38 heavy (non-hydrogen) atoms. The third-order valence-electron chi connectivity index (χ3n) is 5.65. The number of nitrogens with one attached hydrogen (secondary N) is 2. The number of halogens is 1. The van der Waals surface area contributed by atoms with Crippen molar-refractivity contribution in [3.63, 3.8) is 0 Å². The molecule has 4 rings (SSSR count). The summed E-state index contributed by atoms with van der Waals surface area (Å²) in [6.45, 7) is 7.55. The molecule has 2 N–H and O–H groups in total. The monoisotopic (exact) mass is 535 g/mol. The van der Waals surface area contributed by atoms with Crippen molar-refractivity contribution in [2.75, 3.05) is 36.9 Å². The molecule has 0 saturated carbocycles. The highest BCUT2D eigenvalue weighted by atomic mass is 32.1. The highest BCUT2D eigenvalue weighted by Crippen LogP contribution is 2.32. The smallest absolute Gasteiger partial charge is 0.325 e. The van der Waals surface area contributed by atoms with E-state index in [1.54, 1.807) is 23.7 Å². The Labute approximate surface area is 223 Å². The Morgan fingerprint density at radius 1 is 1.16 bits per heavy atom. The third kappa shape index (κ3) is 6.70. The van der Waals surface area contributed by atoms with Gasteiger partial charge in [0.15, 0.2) is 5.13 Å². The summed E-state index contributed by atoms with van der Waals surface area (Å²) in [6.07, 6.45) is 3.70. The van der Waals surface area contributed by atoms with E-state index in [1.807, 2.05) is 0 Å². The van der Waals surface area contributed by atoms with Gasteiger partial charge >= 0.3 is 6.03 Å². The Morgan fingerprint density at radius 2 is 2.00 bits per heavy atom. The fraction of sp³-hybridized carbons (Fsp3) is 0.269. The van der Waals surface area contributed by atoms with Crippen molar-refractivity contribution in [2.45, 2.75) is 20.3 Å². The van der Waals surface area contributed by atoms with Crippen molar-refractivity contribution in [1.29, 1.82) is 5.26 Å². The third-order valence-corrected chi connectivity index (χ3v) is 6.34. The number of nitriles is 1. The first-order valence-corrected chi connectivity index (χ1v) is 12.9. The van der Waals surface area contributed by atoms with E-state index in [4.69, 9.17) is 9.47 Å². The molecule has 0 aliphatic heterocycles. The Balaban J connectivity index is 1.46. The van der Waals surface area contributed by atoms with Crippen LogP contribution in [-0.2, 0) is 0 Å². The van der Waals surface area contributed by atoms with Gasteiger partial charge in [0.25, 0.3) is 0 Å². The van der Waals surface area contributed by atoms with Crippen LogP contribution in [-0.4, -0.2) is 52.1 Å². The number of urea groups is 1. The van der Waals surface area contributed by atoms with Crippen LogP contribution in [0.5, 0.6) is 17.4 Å². The first-order chi connectivity index (χ1) is 18.5. The molecule has 4 aromatic rings. The molecule has 0 aliphatic rings. The molecule has 0 atom stereocenters. The lowest BCUT2D eigenvalue weighted by atomic mass is 10.1.